The van der Waals surface area contributed by atoms with E-state index in [0.29, 0.717) is 33.8 Å². The molecule has 0 spiro atoms. The predicted octanol–water partition coefficient (Wildman–Crippen LogP) is 4.16. The molecule has 140 valence electrons. The first kappa shape index (κ1) is 18.5. The van der Waals surface area contributed by atoms with E-state index in [4.69, 9.17) is 14.2 Å². The third kappa shape index (κ3) is 4.29. The average molecular weight is 385 g/mol. The summed E-state index contributed by atoms with van der Waals surface area (Å²) in [6.45, 7) is 0. The van der Waals surface area contributed by atoms with E-state index in [0.717, 1.165) is 5.69 Å². The molecule has 8 heteroatoms. The van der Waals surface area contributed by atoms with Crippen LogP contribution in [0.15, 0.2) is 47.8 Å². The van der Waals surface area contributed by atoms with E-state index in [9.17, 15) is 4.79 Å². The fourth-order valence-electron chi connectivity index (χ4n) is 2.43. The molecule has 1 amide bonds. The number of carbonyl (C=O) groups is 1. The lowest BCUT2D eigenvalue weighted by Gasteiger charge is -2.14. The molecule has 2 N–H and O–H groups in total. The lowest BCUT2D eigenvalue weighted by molar-refractivity contribution is 0.102. The Morgan fingerprint density at radius 2 is 1.63 bits per heavy atom. The lowest BCUT2D eigenvalue weighted by atomic mass is 10.2. The Morgan fingerprint density at radius 1 is 0.963 bits per heavy atom. The standard InChI is InChI=1S/C19H19N3O4S/c1-24-15-9-13(10-16(25-2)17(15)26-3)21-19-22-14(11-27-19)18(23)20-12-7-5-4-6-8-12/h4-11H,1-3H3,(H,20,23)(H,21,22). The van der Waals surface area contributed by atoms with Gasteiger partial charge in [0.05, 0.1) is 21.3 Å². The number of nitrogens with one attached hydrogen (secondary N) is 2. The molecule has 0 fully saturated rings. The van der Waals surface area contributed by atoms with Crippen molar-refractivity contribution in [1.82, 2.24) is 4.98 Å². The molecule has 0 aliphatic carbocycles. The van der Waals surface area contributed by atoms with Gasteiger partial charge in [0, 0.05) is 28.9 Å². The Bertz CT molecular complexity index is 903. The number of rotatable bonds is 7. The Morgan fingerprint density at radius 3 is 2.22 bits per heavy atom. The lowest BCUT2D eigenvalue weighted by Crippen LogP contribution is -2.12. The van der Waals surface area contributed by atoms with Gasteiger partial charge < -0.3 is 24.8 Å². The molecular formula is C19H19N3O4S. The van der Waals surface area contributed by atoms with Gasteiger partial charge in [-0.15, -0.1) is 11.3 Å². The number of ether oxygens (including phenoxy) is 3. The first-order chi connectivity index (χ1) is 13.1. The minimum absolute atomic E-state index is 0.268. The van der Waals surface area contributed by atoms with Gasteiger partial charge in [0.25, 0.3) is 5.91 Å². The number of thiazole rings is 1. The van der Waals surface area contributed by atoms with E-state index in [-0.39, 0.29) is 5.91 Å². The molecule has 3 aromatic rings. The molecule has 0 atom stereocenters. The summed E-state index contributed by atoms with van der Waals surface area (Å²) in [7, 11) is 4.65. The van der Waals surface area contributed by atoms with Crippen molar-refractivity contribution in [3.63, 3.8) is 0 Å². The highest BCUT2D eigenvalue weighted by molar-refractivity contribution is 7.14. The summed E-state index contributed by atoms with van der Waals surface area (Å²) in [6, 6.07) is 12.8. The van der Waals surface area contributed by atoms with Crippen molar-refractivity contribution in [3.8, 4) is 17.2 Å². The normalized spacial score (nSPS) is 10.2. The molecular weight excluding hydrogens is 366 g/mol. The molecule has 0 unspecified atom stereocenters. The quantitative estimate of drug-likeness (QED) is 0.635. The van der Waals surface area contributed by atoms with Crippen molar-refractivity contribution in [1.29, 1.82) is 0 Å². The van der Waals surface area contributed by atoms with Gasteiger partial charge in [-0.3, -0.25) is 4.79 Å². The molecule has 7 nitrogen and oxygen atoms in total. The number of hydrogen-bond donors (Lipinski definition) is 2. The summed E-state index contributed by atoms with van der Waals surface area (Å²) < 4.78 is 16.0. The number of nitrogens with zero attached hydrogens (tertiary/aromatic N) is 1. The first-order valence-electron chi connectivity index (χ1n) is 8.03. The van der Waals surface area contributed by atoms with Crippen molar-refractivity contribution in [2.75, 3.05) is 32.0 Å². The van der Waals surface area contributed by atoms with E-state index >= 15 is 0 Å². The maximum absolute atomic E-state index is 12.3. The molecule has 3 rings (SSSR count). The topological polar surface area (TPSA) is 81.7 Å². The highest BCUT2D eigenvalue weighted by Gasteiger charge is 2.15. The minimum atomic E-state index is -0.268. The fourth-order valence-corrected chi connectivity index (χ4v) is 3.14. The Balaban J connectivity index is 1.76. The zero-order valence-electron chi connectivity index (χ0n) is 15.1. The Hall–Kier alpha value is -3.26. The average Bonchev–Trinajstić information content (AvgIpc) is 3.16. The number of aromatic nitrogens is 1. The van der Waals surface area contributed by atoms with Crippen LogP contribution in [0.5, 0.6) is 17.2 Å². The molecule has 0 bridgehead atoms. The molecule has 1 aromatic heterocycles. The van der Waals surface area contributed by atoms with Gasteiger partial charge in [0.15, 0.2) is 16.6 Å². The second-order valence-corrected chi connectivity index (χ2v) is 6.26. The third-order valence-corrected chi connectivity index (χ3v) is 4.44. The molecule has 0 saturated heterocycles. The van der Waals surface area contributed by atoms with Crippen molar-refractivity contribution < 1.29 is 19.0 Å². The zero-order chi connectivity index (χ0) is 19.2. The van der Waals surface area contributed by atoms with Gasteiger partial charge in [-0.25, -0.2) is 4.98 Å². The SMILES string of the molecule is COc1cc(Nc2nc(C(=O)Nc3ccccc3)cs2)cc(OC)c1OC. The van der Waals surface area contributed by atoms with Crippen molar-refractivity contribution in [2.45, 2.75) is 0 Å². The first-order valence-corrected chi connectivity index (χ1v) is 8.91. The van der Waals surface area contributed by atoms with Gasteiger partial charge >= 0.3 is 0 Å². The maximum atomic E-state index is 12.3. The molecule has 0 saturated carbocycles. The molecule has 0 radical (unpaired) electrons. The van der Waals surface area contributed by atoms with Gasteiger partial charge in [-0.2, -0.15) is 0 Å². The fraction of sp³-hybridized carbons (Fsp3) is 0.158. The molecule has 0 aliphatic heterocycles. The maximum Gasteiger partial charge on any atom is 0.275 e. The van der Waals surface area contributed by atoms with E-state index < -0.39 is 0 Å². The third-order valence-electron chi connectivity index (χ3n) is 3.68. The van der Waals surface area contributed by atoms with Gasteiger partial charge in [-0.05, 0) is 12.1 Å². The summed E-state index contributed by atoms with van der Waals surface area (Å²) in [5.74, 6) is 1.29. The number of para-hydroxylation sites is 1. The van der Waals surface area contributed by atoms with Crippen LogP contribution in [0.3, 0.4) is 0 Å². The van der Waals surface area contributed by atoms with Crippen LogP contribution >= 0.6 is 11.3 Å². The summed E-state index contributed by atoms with van der Waals surface area (Å²) in [5.41, 5.74) is 1.75. The largest absolute Gasteiger partial charge is 0.493 e. The number of carbonyl (C=O) groups excluding carboxylic acids is 1. The van der Waals surface area contributed by atoms with Crippen LogP contribution in [0.1, 0.15) is 10.5 Å². The van der Waals surface area contributed by atoms with Crippen LogP contribution in [-0.4, -0.2) is 32.2 Å². The van der Waals surface area contributed by atoms with Crippen LogP contribution < -0.4 is 24.8 Å². The summed E-state index contributed by atoms with van der Waals surface area (Å²) in [6.07, 6.45) is 0. The minimum Gasteiger partial charge on any atom is -0.493 e. The van der Waals surface area contributed by atoms with Crippen LogP contribution in [0.2, 0.25) is 0 Å². The zero-order valence-corrected chi connectivity index (χ0v) is 15.9. The molecule has 1 heterocycles. The highest BCUT2D eigenvalue weighted by Crippen LogP contribution is 2.40. The van der Waals surface area contributed by atoms with Crippen molar-refractivity contribution in [2.24, 2.45) is 0 Å². The molecule has 0 aliphatic rings. The van der Waals surface area contributed by atoms with Crippen LogP contribution in [0, 0.1) is 0 Å². The predicted molar refractivity (Wildman–Crippen MR) is 106 cm³/mol. The number of amides is 1. The second-order valence-electron chi connectivity index (χ2n) is 5.40. The van der Waals surface area contributed by atoms with Gasteiger partial charge in [0.2, 0.25) is 5.75 Å². The van der Waals surface area contributed by atoms with Crippen molar-refractivity contribution in [3.05, 3.63) is 53.5 Å². The molecule has 27 heavy (non-hydrogen) atoms. The highest BCUT2D eigenvalue weighted by atomic mass is 32.1. The number of benzene rings is 2. The smallest absolute Gasteiger partial charge is 0.275 e. The summed E-state index contributed by atoms with van der Waals surface area (Å²) in [5, 5.41) is 8.23. The number of anilines is 3. The van der Waals surface area contributed by atoms with Crippen LogP contribution in [-0.2, 0) is 0 Å². The van der Waals surface area contributed by atoms with E-state index in [1.807, 2.05) is 30.3 Å². The summed E-state index contributed by atoms with van der Waals surface area (Å²) in [4.78, 5) is 16.7. The van der Waals surface area contributed by atoms with E-state index in [1.165, 1.54) is 11.3 Å². The van der Waals surface area contributed by atoms with Gasteiger partial charge in [-0.1, -0.05) is 18.2 Å². The number of methoxy groups -OCH3 is 3. The van der Waals surface area contributed by atoms with Crippen molar-refractivity contribution >= 4 is 33.8 Å². The second kappa shape index (κ2) is 8.41. The Labute approximate surface area is 160 Å². The van der Waals surface area contributed by atoms with Gasteiger partial charge in [0.1, 0.15) is 5.69 Å². The number of hydrogen-bond acceptors (Lipinski definition) is 7. The Kier molecular flexibility index (Phi) is 5.77. The van der Waals surface area contributed by atoms with E-state index in [1.54, 1.807) is 38.8 Å². The monoisotopic (exact) mass is 385 g/mol. The van der Waals surface area contributed by atoms with E-state index in [2.05, 4.69) is 15.6 Å². The van der Waals surface area contributed by atoms with Crippen LogP contribution in [0.4, 0.5) is 16.5 Å². The molecule has 2 aromatic carbocycles. The summed E-state index contributed by atoms with van der Waals surface area (Å²) >= 11 is 1.32. The van der Waals surface area contributed by atoms with Crippen LogP contribution in [0.25, 0.3) is 0 Å².